The molecular weight excluding hydrogens is 240 g/mol. The normalized spacial score (nSPS) is 34.8. The third-order valence-corrected chi connectivity index (χ3v) is 7.04. The van der Waals surface area contributed by atoms with E-state index in [1.54, 1.807) is 0 Å². The van der Waals surface area contributed by atoms with E-state index in [4.69, 9.17) is 0 Å². The summed E-state index contributed by atoms with van der Waals surface area (Å²) in [6, 6.07) is 0. The van der Waals surface area contributed by atoms with Gasteiger partial charge >= 0.3 is 0 Å². The van der Waals surface area contributed by atoms with E-state index in [1.807, 2.05) is 0 Å². The predicted molar refractivity (Wildman–Crippen MR) is 92.1 cm³/mol. The van der Waals surface area contributed by atoms with Crippen LogP contribution in [0.1, 0.15) is 107 Å². The fourth-order valence-corrected chi connectivity index (χ4v) is 3.81. The maximum absolute atomic E-state index is 2.54. The van der Waals surface area contributed by atoms with E-state index in [1.165, 1.54) is 51.4 Å². The van der Waals surface area contributed by atoms with Crippen molar-refractivity contribution in [2.75, 3.05) is 0 Å². The first-order valence-corrected chi connectivity index (χ1v) is 8.91. The van der Waals surface area contributed by atoms with E-state index in [0.29, 0.717) is 21.7 Å². The Bertz CT molecular complexity index is 253. The summed E-state index contributed by atoms with van der Waals surface area (Å²) in [5, 5.41) is 0. The van der Waals surface area contributed by atoms with E-state index >= 15 is 0 Å². The molecule has 1 aliphatic carbocycles. The van der Waals surface area contributed by atoms with E-state index < -0.39 is 0 Å². The molecule has 0 bridgehead atoms. The number of rotatable bonds is 0. The van der Waals surface area contributed by atoms with Gasteiger partial charge in [-0.05, 0) is 47.3 Å². The van der Waals surface area contributed by atoms with Gasteiger partial charge in [0.1, 0.15) is 0 Å². The molecule has 0 saturated heterocycles. The van der Waals surface area contributed by atoms with Gasteiger partial charge in [0.25, 0.3) is 0 Å². The Morgan fingerprint density at radius 1 is 0.500 bits per heavy atom. The average molecular weight is 281 g/mol. The summed E-state index contributed by atoms with van der Waals surface area (Å²) in [4.78, 5) is 0. The van der Waals surface area contributed by atoms with Crippen LogP contribution in [0, 0.1) is 21.7 Å². The molecule has 1 fully saturated rings. The minimum absolute atomic E-state index is 0.444. The second-order valence-corrected chi connectivity index (χ2v) is 10.0. The smallest absolute Gasteiger partial charge is 0.0277 e. The molecule has 0 N–H and O–H groups in total. The summed E-state index contributed by atoms with van der Waals surface area (Å²) >= 11 is 0. The van der Waals surface area contributed by atoms with Crippen molar-refractivity contribution < 1.29 is 0 Å². The maximum atomic E-state index is 2.54. The zero-order valence-corrected chi connectivity index (χ0v) is 15.7. The average Bonchev–Trinajstić information content (AvgIpc) is 2.27. The third-order valence-electron chi connectivity index (χ3n) is 7.04. The molecule has 0 aromatic rings. The molecule has 1 aliphatic rings. The van der Waals surface area contributed by atoms with Crippen LogP contribution in [0.25, 0.3) is 0 Å². The Morgan fingerprint density at radius 3 is 0.850 bits per heavy atom. The Kier molecular flexibility index (Phi) is 5.43. The first-order chi connectivity index (χ1) is 8.91. The first-order valence-electron chi connectivity index (χ1n) is 8.91. The van der Waals surface area contributed by atoms with Gasteiger partial charge in [-0.1, -0.05) is 81.1 Å². The van der Waals surface area contributed by atoms with Gasteiger partial charge in [0.15, 0.2) is 0 Å². The molecular formula is C20H40. The second-order valence-electron chi connectivity index (χ2n) is 10.0. The van der Waals surface area contributed by atoms with Gasteiger partial charge in [-0.25, -0.2) is 0 Å². The van der Waals surface area contributed by atoms with Crippen molar-refractivity contribution >= 4 is 0 Å². The van der Waals surface area contributed by atoms with Gasteiger partial charge in [0, 0.05) is 0 Å². The zero-order chi connectivity index (χ0) is 15.7. The van der Waals surface area contributed by atoms with E-state index in [-0.39, 0.29) is 0 Å². The highest BCUT2D eigenvalue weighted by Gasteiger charge is 2.39. The molecule has 0 spiro atoms. The molecule has 0 heterocycles. The van der Waals surface area contributed by atoms with Crippen LogP contribution in [0.4, 0.5) is 0 Å². The van der Waals surface area contributed by atoms with Gasteiger partial charge in [0.05, 0.1) is 0 Å². The molecule has 0 aromatic carbocycles. The van der Waals surface area contributed by atoms with Crippen LogP contribution in [0.15, 0.2) is 0 Å². The Balaban J connectivity index is 2.76. The van der Waals surface area contributed by atoms with Gasteiger partial charge in [-0.15, -0.1) is 0 Å². The van der Waals surface area contributed by atoms with Crippen molar-refractivity contribution in [2.24, 2.45) is 21.7 Å². The van der Waals surface area contributed by atoms with Crippen LogP contribution in [-0.4, -0.2) is 0 Å². The molecule has 0 amide bonds. The largest absolute Gasteiger partial charge is 0.0597 e. The Morgan fingerprint density at radius 2 is 0.700 bits per heavy atom. The summed E-state index contributed by atoms with van der Waals surface area (Å²) in [5.74, 6) is 0. The van der Waals surface area contributed by atoms with Crippen LogP contribution >= 0.6 is 0 Å². The summed E-state index contributed by atoms with van der Waals surface area (Å²) in [6.45, 7) is 19.7. The monoisotopic (exact) mass is 280 g/mol. The second kappa shape index (κ2) is 6.01. The minimum Gasteiger partial charge on any atom is -0.0597 e. The lowest BCUT2D eigenvalue weighted by atomic mass is 9.59. The predicted octanol–water partition coefficient (Wildman–Crippen LogP) is 7.23. The molecule has 0 radical (unpaired) electrons. The molecule has 120 valence electrons. The van der Waals surface area contributed by atoms with Crippen molar-refractivity contribution in [3.05, 3.63) is 0 Å². The molecule has 0 unspecified atom stereocenters. The van der Waals surface area contributed by atoms with Gasteiger partial charge in [0.2, 0.25) is 0 Å². The van der Waals surface area contributed by atoms with Crippen molar-refractivity contribution in [3.63, 3.8) is 0 Å². The van der Waals surface area contributed by atoms with Gasteiger partial charge in [-0.2, -0.15) is 0 Å². The van der Waals surface area contributed by atoms with Crippen molar-refractivity contribution in [3.8, 4) is 0 Å². The van der Waals surface area contributed by atoms with Crippen molar-refractivity contribution in [1.29, 1.82) is 0 Å². The van der Waals surface area contributed by atoms with Crippen LogP contribution in [0.5, 0.6) is 0 Å². The highest BCUT2D eigenvalue weighted by molar-refractivity contribution is 4.90. The molecule has 0 aliphatic heterocycles. The summed E-state index contributed by atoms with van der Waals surface area (Å²) < 4.78 is 0. The summed E-state index contributed by atoms with van der Waals surface area (Å²) in [5.41, 5.74) is 1.95. The summed E-state index contributed by atoms with van der Waals surface area (Å²) in [7, 11) is 0. The molecule has 0 heteroatoms. The van der Waals surface area contributed by atoms with Crippen LogP contribution in [0.3, 0.4) is 0 Å². The van der Waals surface area contributed by atoms with Gasteiger partial charge < -0.3 is 0 Å². The highest BCUT2D eigenvalue weighted by atomic mass is 14.4. The Labute approximate surface area is 129 Å². The van der Waals surface area contributed by atoms with E-state index in [2.05, 4.69) is 55.4 Å². The SMILES string of the molecule is CC(C)(C)C1(C)CCCCC(C)(C(C)(C)C)CCCC1. The fraction of sp³-hybridized carbons (Fsp3) is 1.00. The molecule has 0 atom stereocenters. The molecule has 1 rings (SSSR count). The van der Waals surface area contributed by atoms with Crippen molar-refractivity contribution in [1.82, 2.24) is 0 Å². The minimum atomic E-state index is 0.444. The van der Waals surface area contributed by atoms with Crippen LogP contribution < -0.4 is 0 Å². The maximum Gasteiger partial charge on any atom is -0.0277 e. The topological polar surface area (TPSA) is 0 Å². The quantitative estimate of drug-likeness (QED) is 0.439. The van der Waals surface area contributed by atoms with Crippen LogP contribution in [-0.2, 0) is 0 Å². The fourth-order valence-electron chi connectivity index (χ4n) is 3.81. The lowest BCUT2D eigenvalue weighted by Gasteiger charge is -2.46. The first kappa shape index (κ1) is 18.1. The highest BCUT2D eigenvalue weighted by Crippen LogP contribution is 2.51. The molecule has 1 saturated carbocycles. The zero-order valence-electron chi connectivity index (χ0n) is 15.7. The lowest BCUT2D eigenvalue weighted by molar-refractivity contribution is 0.0452. The number of hydrogen-bond acceptors (Lipinski definition) is 0. The third kappa shape index (κ3) is 4.01. The standard InChI is InChI=1S/C20H40/c1-17(2,3)19(7)13-9-11-15-20(8,18(4,5)6)16-12-10-14-19/h9-16H2,1-8H3. The lowest BCUT2D eigenvalue weighted by Crippen LogP contribution is -2.35. The number of hydrogen-bond donors (Lipinski definition) is 0. The molecule has 0 aromatic heterocycles. The van der Waals surface area contributed by atoms with E-state index in [0.717, 1.165) is 0 Å². The molecule has 20 heavy (non-hydrogen) atoms. The Hall–Kier alpha value is 0. The summed E-state index contributed by atoms with van der Waals surface area (Å²) in [6.07, 6.45) is 11.3. The van der Waals surface area contributed by atoms with Crippen LogP contribution in [0.2, 0.25) is 0 Å². The van der Waals surface area contributed by atoms with Crippen molar-refractivity contribution in [2.45, 2.75) is 107 Å². The van der Waals surface area contributed by atoms with E-state index in [9.17, 15) is 0 Å². The molecule has 0 nitrogen and oxygen atoms in total. The van der Waals surface area contributed by atoms with Gasteiger partial charge in [-0.3, -0.25) is 0 Å².